The molecule has 1 aromatic carbocycles. The van der Waals surface area contributed by atoms with Crippen LogP contribution in [-0.2, 0) is 11.3 Å². The number of aliphatic carboxylic acids is 1. The summed E-state index contributed by atoms with van der Waals surface area (Å²) >= 11 is 0. The molecule has 134 valence electrons. The van der Waals surface area contributed by atoms with E-state index in [1.165, 1.54) is 10.7 Å². The molecule has 0 aliphatic rings. The highest BCUT2D eigenvalue weighted by molar-refractivity contribution is 5.95. The first-order valence-electron chi connectivity index (χ1n) is 7.48. The quantitative estimate of drug-likeness (QED) is 0.800. The molecule has 25 heavy (non-hydrogen) atoms. The summed E-state index contributed by atoms with van der Waals surface area (Å²) in [6, 6.07) is 3.27. The van der Waals surface area contributed by atoms with Crippen LogP contribution in [0.1, 0.15) is 35.7 Å². The zero-order chi connectivity index (χ0) is 18.6. The van der Waals surface area contributed by atoms with Crippen LogP contribution in [0.25, 0.3) is 11.3 Å². The van der Waals surface area contributed by atoms with Crippen molar-refractivity contribution in [2.75, 3.05) is 6.54 Å². The minimum atomic E-state index is -2.80. The molecule has 9 heteroatoms. The Morgan fingerprint density at radius 3 is 2.64 bits per heavy atom. The van der Waals surface area contributed by atoms with Gasteiger partial charge < -0.3 is 10.4 Å². The molecule has 0 aliphatic carbocycles. The fourth-order valence-corrected chi connectivity index (χ4v) is 2.36. The van der Waals surface area contributed by atoms with Crippen LogP contribution >= 0.6 is 0 Å². The van der Waals surface area contributed by atoms with Gasteiger partial charge in [-0.2, -0.15) is 5.10 Å². The van der Waals surface area contributed by atoms with Crippen LogP contribution < -0.4 is 5.32 Å². The van der Waals surface area contributed by atoms with Crippen LogP contribution in [0, 0.1) is 5.82 Å². The van der Waals surface area contributed by atoms with E-state index in [2.05, 4.69) is 10.4 Å². The maximum absolute atomic E-state index is 13.9. The molecule has 6 nitrogen and oxygen atoms in total. The lowest BCUT2D eigenvalue weighted by Gasteiger charge is -2.11. The molecule has 0 saturated heterocycles. The van der Waals surface area contributed by atoms with E-state index in [0.29, 0.717) is 6.54 Å². The summed E-state index contributed by atoms with van der Waals surface area (Å²) in [7, 11) is 0. The number of carboxylic acids is 1. The molecule has 1 heterocycles. The van der Waals surface area contributed by atoms with Gasteiger partial charge in [0.1, 0.15) is 5.82 Å². The number of carbonyl (C=O) groups is 2. The molecule has 0 bridgehead atoms. The van der Waals surface area contributed by atoms with Crippen LogP contribution in [0.2, 0.25) is 0 Å². The van der Waals surface area contributed by atoms with Gasteiger partial charge in [-0.1, -0.05) is 0 Å². The first-order chi connectivity index (χ1) is 11.8. The van der Waals surface area contributed by atoms with E-state index >= 15 is 0 Å². The molecular weight excluding hydrogens is 339 g/mol. The fourth-order valence-electron chi connectivity index (χ4n) is 2.36. The molecule has 2 N–H and O–H groups in total. The molecule has 1 aromatic heterocycles. The molecule has 0 radical (unpaired) electrons. The van der Waals surface area contributed by atoms with Gasteiger partial charge in [0.2, 0.25) is 0 Å². The van der Waals surface area contributed by atoms with Crippen molar-refractivity contribution in [2.45, 2.75) is 26.3 Å². The smallest absolute Gasteiger partial charge is 0.305 e. The van der Waals surface area contributed by atoms with Gasteiger partial charge in [-0.15, -0.1) is 0 Å². The SMILES string of the molecule is CCn1ncc(C(F)F)c1-c1cc(F)cc(C(=O)NCCC(=O)O)c1. The Balaban J connectivity index is 2.38. The minimum Gasteiger partial charge on any atom is -0.481 e. The van der Waals surface area contributed by atoms with Gasteiger partial charge in [0.15, 0.2) is 0 Å². The molecule has 1 amide bonds. The standard InChI is InChI=1S/C16H16F3N3O3/c1-2-22-14(12(8-21-22)15(18)19)9-5-10(7-11(17)6-9)16(25)20-4-3-13(23)24/h5-8,15H,2-4H2,1H3,(H,20,25)(H,23,24). The van der Waals surface area contributed by atoms with Crippen molar-refractivity contribution in [3.63, 3.8) is 0 Å². The van der Waals surface area contributed by atoms with Gasteiger partial charge in [-0.05, 0) is 25.1 Å². The molecule has 0 spiro atoms. The topological polar surface area (TPSA) is 84.2 Å². The average Bonchev–Trinajstić information content (AvgIpc) is 2.98. The van der Waals surface area contributed by atoms with Crippen molar-refractivity contribution in [3.05, 3.63) is 41.3 Å². The lowest BCUT2D eigenvalue weighted by molar-refractivity contribution is -0.136. The Hall–Kier alpha value is -2.84. The van der Waals surface area contributed by atoms with Gasteiger partial charge in [0, 0.05) is 24.2 Å². The van der Waals surface area contributed by atoms with E-state index in [1.54, 1.807) is 6.92 Å². The van der Waals surface area contributed by atoms with Crippen LogP contribution in [0.3, 0.4) is 0 Å². The predicted octanol–water partition coefficient (Wildman–Crippen LogP) is 2.85. The van der Waals surface area contributed by atoms with Gasteiger partial charge in [0.05, 0.1) is 23.9 Å². The molecule has 2 aromatic rings. The number of aryl methyl sites for hydroxylation is 1. The highest BCUT2D eigenvalue weighted by Crippen LogP contribution is 2.32. The number of nitrogens with one attached hydrogen (secondary N) is 1. The number of nitrogens with zero attached hydrogens (tertiary/aromatic N) is 2. The summed E-state index contributed by atoms with van der Waals surface area (Å²) in [6.45, 7) is 1.86. The highest BCUT2D eigenvalue weighted by Gasteiger charge is 2.21. The highest BCUT2D eigenvalue weighted by atomic mass is 19.3. The maximum atomic E-state index is 13.9. The van der Waals surface area contributed by atoms with Crippen molar-refractivity contribution in [2.24, 2.45) is 0 Å². The van der Waals surface area contributed by atoms with Gasteiger partial charge in [-0.25, -0.2) is 13.2 Å². The third-order valence-electron chi connectivity index (χ3n) is 3.46. The second kappa shape index (κ2) is 7.82. The zero-order valence-corrected chi connectivity index (χ0v) is 13.3. The number of hydrogen-bond acceptors (Lipinski definition) is 3. The summed E-state index contributed by atoms with van der Waals surface area (Å²) in [6.07, 6.45) is -2.07. The second-order valence-corrected chi connectivity index (χ2v) is 5.19. The van der Waals surface area contributed by atoms with Gasteiger partial charge >= 0.3 is 5.97 Å². The second-order valence-electron chi connectivity index (χ2n) is 5.19. The van der Waals surface area contributed by atoms with Gasteiger partial charge in [-0.3, -0.25) is 14.3 Å². The Labute approximate surface area is 141 Å². The van der Waals surface area contributed by atoms with Crippen LogP contribution in [-0.4, -0.2) is 33.3 Å². The van der Waals surface area contributed by atoms with Crippen LogP contribution in [0.15, 0.2) is 24.4 Å². The van der Waals surface area contributed by atoms with E-state index in [0.717, 1.165) is 18.3 Å². The lowest BCUT2D eigenvalue weighted by atomic mass is 10.0. The molecule has 0 atom stereocenters. The van der Waals surface area contributed by atoms with Crippen molar-refractivity contribution in [3.8, 4) is 11.3 Å². The summed E-state index contributed by atoms with van der Waals surface area (Å²) < 4.78 is 41.6. The number of hydrogen-bond donors (Lipinski definition) is 2. The summed E-state index contributed by atoms with van der Waals surface area (Å²) in [4.78, 5) is 22.5. The Morgan fingerprint density at radius 2 is 2.04 bits per heavy atom. The lowest BCUT2D eigenvalue weighted by Crippen LogP contribution is -2.26. The predicted molar refractivity (Wildman–Crippen MR) is 82.8 cm³/mol. The van der Waals surface area contributed by atoms with Crippen LogP contribution in [0.4, 0.5) is 13.2 Å². The third kappa shape index (κ3) is 4.37. The first-order valence-corrected chi connectivity index (χ1v) is 7.48. The number of rotatable bonds is 7. The Bertz CT molecular complexity index is 790. The monoisotopic (exact) mass is 355 g/mol. The van der Waals surface area contributed by atoms with Crippen molar-refractivity contribution in [1.82, 2.24) is 15.1 Å². The summed E-state index contributed by atoms with van der Waals surface area (Å²) in [5, 5.41) is 14.8. The first kappa shape index (κ1) is 18.5. The largest absolute Gasteiger partial charge is 0.481 e. The van der Waals surface area contributed by atoms with E-state index in [1.807, 2.05) is 0 Å². The fraction of sp³-hybridized carbons (Fsp3) is 0.312. The average molecular weight is 355 g/mol. The number of benzene rings is 1. The summed E-state index contributed by atoms with van der Waals surface area (Å²) in [5.74, 6) is -2.55. The molecule has 0 unspecified atom stereocenters. The number of halogens is 3. The van der Waals surface area contributed by atoms with Crippen LogP contribution in [0.5, 0.6) is 0 Å². The van der Waals surface area contributed by atoms with Crippen molar-refractivity contribution in [1.29, 1.82) is 0 Å². The zero-order valence-electron chi connectivity index (χ0n) is 13.3. The molecule has 0 aliphatic heterocycles. The maximum Gasteiger partial charge on any atom is 0.305 e. The van der Waals surface area contributed by atoms with Crippen molar-refractivity contribution < 1.29 is 27.9 Å². The number of amides is 1. The number of alkyl halides is 2. The van der Waals surface area contributed by atoms with Gasteiger partial charge in [0.25, 0.3) is 12.3 Å². The Morgan fingerprint density at radius 1 is 1.32 bits per heavy atom. The molecular formula is C16H16F3N3O3. The molecule has 2 rings (SSSR count). The third-order valence-corrected chi connectivity index (χ3v) is 3.46. The molecule has 0 fully saturated rings. The number of aromatic nitrogens is 2. The van der Waals surface area contributed by atoms with E-state index in [4.69, 9.17) is 5.11 Å². The van der Waals surface area contributed by atoms with Crippen molar-refractivity contribution >= 4 is 11.9 Å². The minimum absolute atomic E-state index is 0.0385. The molecule has 0 saturated carbocycles. The van der Waals surface area contributed by atoms with E-state index < -0.39 is 24.1 Å². The number of carbonyl (C=O) groups excluding carboxylic acids is 1. The Kier molecular flexibility index (Phi) is 5.79. The summed E-state index contributed by atoms with van der Waals surface area (Å²) in [5.41, 5.74) is -0.316. The van der Waals surface area contributed by atoms with E-state index in [-0.39, 0.29) is 35.3 Å². The normalized spacial score (nSPS) is 10.9. The number of carboxylic acid groups (broad SMARTS) is 1. The van der Waals surface area contributed by atoms with E-state index in [9.17, 15) is 22.8 Å².